The molecule has 188 valence electrons. The van der Waals surface area contributed by atoms with Crippen molar-refractivity contribution in [2.75, 3.05) is 12.4 Å². The first-order valence-electron chi connectivity index (χ1n) is 11.5. The maximum atomic E-state index is 14.8. The quantitative estimate of drug-likeness (QED) is 0.365. The molecule has 0 atom stereocenters. The van der Waals surface area contributed by atoms with Crippen LogP contribution in [-0.2, 0) is 5.67 Å². The van der Waals surface area contributed by atoms with Crippen molar-refractivity contribution in [2.45, 2.75) is 26.4 Å². The highest BCUT2D eigenvalue weighted by molar-refractivity contribution is 6.04. The second-order valence-corrected chi connectivity index (χ2v) is 8.94. The fourth-order valence-corrected chi connectivity index (χ4v) is 3.77. The van der Waals surface area contributed by atoms with Gasteiger partial charge in [0, 0.05) is 36.8 Å². The lowest BCUT2D eigenvalue weighted by atomic mass is 9.98. The summed E-state index contributed by atoms with van der Waals surface area (Å²) in [7, 11) is 1.53. The second-order valence-electron chi connectivity index (χ2n) is 8.94. The maximum Gasteiger partial charge on any atom is 0.269 e. The summed E-state index contributed by atoms with van der Waals surface area (Å²) >= 11 is 0. The number of alkyl halides is 1. The van der Waals surface area contributed by atoms with Crippen molar-refractivity contribution in [2.24, 2.45) is 0 Å². The fourth-order valence-electron chi connectivity index (χ4n) is 3.77. The van der Waals surface area contributed by atoms with Crippen molar-refractivity contribution in [1.82, 2.24) is 20.3 Å². The Balaban J connectivity index is 1.67. The van der Waals surface area contributed by atoms with E-state index in [9.17, 15) is 18.4 Å². The molecule has 4 aromatic rings. The van der Waals surface area contributed by atoms with Crippen LogP contribution < -0.4 is 10.6 Å². The largest absolute Gasteiger partial charge is 0.354 e. The van der Waals surface area contributed by atoms with Crippen LogP contribution >= 0.6 is 0 Å². The molecule has 0 aliphatic rings. The predicted octanol–water partition coefficient (Wildman–Crippen LogP) is 5.47. The Labute approximate surface area is 213 Å². The minimum Gasteiger partial charge on any atom is -0.354 e. The van der Waals surface area contributed by atoms with Gasteiger partial charge in [-0.05, 0) is 86.0 Å². The minimum absolute atomic E-state index is 0.0207. The van der Waals surface area contributed by atoms with Gasteiger partial charge in [0.05, 0.1) is 17.1 Å². The highest BCUT2D eigenvalue weighted by atomic mass is 19.1. The van der Waals surface area contributed by atoms with Crippen LogP contribution in [0.5, 0.6) is 0 Å². The van der Waals surface area contributed by atoms with Crippen LogP contribution in [0.3, 0.4) is 0 Å². The number of aryl methyl sites for hydroxylation is 1. The Morgan fingerprint density at radius 2 is 1.57 bits per heavy atom. The summed E-state index contributed by atoms with van der Waals surface area (Å²) in [4.78, 5) is 37.3. The number of pyridine rings is 3. The molecule has 3 heterocycles. The van der Waals surface area contributed by atoms with E-state index in [1.54, 1.807) is 37.4 Å². The third-order valence-corrected chi connectivity index (χ3v) is 5.78. The second kappa shape index (κ2) is 10.2. The number of carbonyl (C=O) groups is 2. The maximum absolute atomic E-state index is 14.8. The topological polar surface area (TPSA) is 96.9 Å². The van der Waals surface area contributed by atoms with E-state index in [1.807, 2.05) is 6.07 Å². The van der Waals surface area contributed by atoms with Crippen molar-refractivity contribution in [3.8, 4) is 22.4 Å². The third kappa shape index (κ3) is 5.66. The lowest BCUT2D eigenvalue weighted by molar-refractivity contribution is 0.0957. The van der Waals surface area contributed by atoms with Crippen molar-refractivity contribution in [3.05, 3.63) is 95.5 Å². The van der Waals surface area contributed by atoms with E-state index in [2.05, 4.69) is 25.6 Å². The molecule has 0 saturated carbocycles. The summed E-state index contributed by atoms with van der Waals surface area (Å²) in [5.74, 6) is -1.51. The van der Waals surface area contributed by atoms with Gasteiger partial charge in [0.2, 0.25) is 0 Å². The van der Waals surface area contributed by atoms with Crippen molar-refractivity contribution in [1.29, 1.82) is 0 Å². The fraction of sp³-hybridized carbons (Fsp3) is 0.179. The molecule has 0 aliphatic heterocycles. The van der Waals surface area contributed by atoms with Gasteiger partial charge in [-0.15, -0.1) is 0 Å². The van der Waals surface area contributed by atoms with Crippen LogP contribution in [0.25, 0.3) is 22.4 Å². The van der Waals surface area contributed by atoms with Gasteiger partial charge in [0.15, 0.2) is 0 Å². The third-order valence-electron chi connectivity index (χ3n) is 5.78. The smallest absolute Gasteiger partial charge is 0.269 e. The molecule has 3 aromatic heterocycles. The molecular formula is C28H25F2N5O2. The number of hydrogen-bond acceptors (Lipinski definition) is 5. The van der Waals surface area contributed by atoms with Gasteiger partial charge in [0.25, 0.3) is 11.8 Å². The van der Waals surface area contributed by atoms with E-state index in [0.717, 1.165) is 5.56 Å². The summed E-state index contributed by atoms with van der Waals surface area (Å²) in [6, 6.07) is 12.6. The highest BCUT2D eigenvalue weighted by Crippen LogP contribution is 2.31. The zero-order chi connectivity index (χ0) is 26.7. The van der Waals surface area contributed by atoms with Gasteiger partial charge < -0.3 is 10.6 Å². The zero-order valence-electron chi connectivity index (χ0n) is 20.8. The summed E-state index contributed by atoms with van der Waals surface area (Å²) in [6.45, 7) is 4.45. The highest BCUT2D eigenvalue weighted by Gasteiger charge is 2.22. The number of rotatable bonds is 6. The number of anilines is 1. The van der Waals surface area contributed by atoms with E-state index in [4.69, 9.17) is 0 Å². The Bertz CT molecular complexity index is 1500. The molecule has 0 fully saturated rings. The zero-order valence-corrected chi connectivity index (χ0v) is 20.8. The minimum atomic E-state index is -1.73. The molecule has 4 rings (SSSR count). The van der Waals surface area contributed by atoms with Gasteiger partial charge >= 0.3 is 0 Å². The molecule has 1 aromatic carbocycles. The standard InChI is InChI=1S/C28H25F2N5O2/c1-16-11-21(29)23(35-26(36)19-7-10-34-25(14-19)28(2,3)30)15-20(16)17-5-8-32-22(12-17)18-6-9-33-24(13-18)27(37)31-4/h5-15H,1-4H3,(H,31,37)(H,35,36). The number of aromatic nitrogens is 3. The molecule has 37 heavy (non-hydrogen) atoms. The molecule has 2 amide bonds. The van der Waals surface area contributed by atoms with E-state index in [0.29, 0.717) is 22.4 Å². The number of nitrogens with zero attached hydrogens (tertiary/aromatic N) is 3. The van der Waals surface area contributed by atoms with Crippen LogP contribution in [0.2, 0.25) is 0 Å². The molecule has 0 unspecified atom stereocenters. The lowest BCUT2D eigenvalue weighted by Crippen LogP contribution is -2.19. The van der Waals surface area contributed by atoms with Crippen molar-refractivity contribution in [3.63, 3.8) is 0 Å². The number of benzene rings is 1. The molecule has 9 heteroatoms. The molecule has 2 N–H and O–H groups in total. The van der Waals surface area contributed by atoms with Gasteiger partial charge in [-0.2, -0.15) is 0 Å². The molecule has 0 bridgehead atoms. The average Bonchev–Trinajstić information content (AvgIpc) is 2.89. The molecule has 7 nitrogen and oxygen atoms in total. The molecule has 0 radical (unpaired) electrons. The summed E-state index contributed by atoms with van der Waals surface area (Å²) in [6.07, 6.45) is 4.48. The van der Waals surface area contributed by atoms with Crippen LogP contribution in [0.15, 0.2) is 67.1 Å². The van der Waals surface area contributed by atoms with Crippen molar-refractivity contribution < 1.29 is 18.4 Å². The monoisotopic (exact) mass is 501 g/mol. The Morgan fingerprint density at radius 1 is 0.865 bits per heavy atom. The summed E-state index contributed by atoms with van der Waals surface area (Å²) in [5, 5.41) is 5.12. The summed E-state index contributed by atoms with van der Waals surface area (Å²) < 4.78 is 29.1. The Kier molecular flexibility index (Phi) is 7.06. The first kappa shape index (κ1) is 25.6. The SMILES string of the molecule is CNC(=O)c1cc(-c2cc(-c3cc(NC(=O)c4ccnc(C(C)(C)F)c4)c(F)cc3C)ccn2)ccn1. The van der Waals surface area contributed by atoms with Gasteiger partial charge in [-0.3, -0.25) is 24.5 Å². The molecule has 0 saturated heterocycles. The van der Waals surface area contributed by atoms with E-state index in [1.165, 1.54) is 51.5 Å². The van der Waals surface area contributed by atoms with Crippen LogP contribution in [0.1, 0.15) is 46.0 Å². The molecular weight excluding hydrogens is 476 g/mol. The van der Waals surface area contributed by atoms with E-state index in [-0.39, 0.29) is 28.5 Å². The average molecular weight is 502 g/mol. The number of amides is 2. The van der Waals surface area contributed by atoms with Gasteiger partial charge in [0.1, 0.15) is 17.2 Å². The number of carbonyl (C=O) groups excluding carboxylic acids is 2. The molecule has 0 aliphatic carbocycles. The lowest BCUT2D eigenvalue weighted by Gasteiger charge is -2.15. The van der Waals surface area contributed by atoms with Gasteiger partial charge in [-0.25, -0.2) is 8.78 Å². The Hall–Kier alpha value is -4.53. The number of halogens is 2. The van der Waals surface area contributed by atoms with Crippen LogP contribution in [0.4, 0.5) is 14.5 Å². The first-order chi connectivity index (χ1) is 17.6. The number of hydrogen-bond donors (Lipinski definition) is 2. The molecule has 0 spiro atoms. The predicted molar refractivity (Wildman–Crippen MR) is 137 cm³/mol. The van der Waals surface area contributed by atoms with Crippen molar-refractivity contribution >= 4 is 17.5 Å². The van der Waals surface area contributed by atoms with E-state index < -0.39 is 17.4 Å². The normalized spacial score (nSPS) is 11.2. The Morgan fingerprint density at radius 3 is 2.30 bits per heavy atom. The van der Waals surface area contributed by atoms with Crippen LogP contribution in [0, 0.1) is 12.7 Å². The van der Waals surface area contributed by atoms with Crippen LogP contribution in [-0.4, -0.2) is 33.8 Å². The summed E-state index contributed by atoms with van der Waals surface area (Å²) in [5.41, 5.74) is 2.12. The van der Waals surface area contributed by atoms with E-state index >= 15 is 0 Å². The number of nitrogens with one attached hydrogen (secondary N) is 2. The first-order valence-corrected chi connectivity index (χ1v) is 11.5. The van der Waals surface area contributed by atoms with Gasteiger partial charge in [-0.1, -0.05) is 0 Å².